The third kappa shape index (κ3) is 4.90. The number of fused-ring (bicyclic) bond motifs is 1. The summed E-state index contributed by atoms with van der Waals surface area (Å²) in [5.74, 6) is 0.550. The van der Waals surface area contributed by atoms with Crippen LogP contribution in [-0.4, -0.2) is 30.7 Å². The lowest BCUT2D eigenvalue weighted by Gasteiger charge is -2.18. The Hall–Kier alpha value is -5.17. The van der Waals surface area contributed by atoms with Crippen molar-refractivity contribution in [3.8, 4) is 22.6 Å². The van der Waals surface area contributed by atoms with E-state index < -0.39 is 0 Å². The van der Waals surface area contributed by atoms with Crippen molar-refractivity contribution in [1.29, 1.82) is 0 Å². The molecule has 0 aliphatic heterocycles. The lowest BCUT2D eigenvalue weighted by Crippen LogP contribution is -2.16. The quantitative estimate of drug-likeness (QED) is 0.292. The predicted molar refractivity (Wildman–Crippen MR) is 147 cm³/mol. The van der Waals surface area contributed by atoms with Crippen LogP contribution in [0.15, 0.2) is 122 Å². The van der Waals surface area contributed by atoms with Crippen LogP contribution in [0.3, 0.4) is 0 Å². The maximum Gasteiger partial charge on any atom is 0.225 e. The van der Waals surface area contributed by atoms with Gasteiger partial charge in [-0.1, -0.05) is 72.8 Å². The van der Waals surface area contributed by atoms with Crippen LogP contribution < -0.4 is 5.32 Å². The van der Waals surface area contributed by atoms with Crippen molar-refractivity contribution in [3.05, 3.63) is 133 Å². The number of carbonyl (C=O) groups excluding carboxylic acids is 1. The fraction of sp³-hybridized carbons (Fsp3) is 0.0645. The van der Waals surface area contributed by atoms with Gasteiger partial charge in [0.15, 0.2) is 11.5 Å². The molecule has 7 heteroatoms. The van der Waals surface area contributed by atoms with Gasteiger partial charge >= 0.3 is 0 Å². The number of carbonyl (C=O) groups is 1. The highest BCUT2D eigenvalue weighted by molar-refractivity contribution is 5.92. The molecule has 0 radical (unpaired) electrons. The molecule has 1 N–H and O–H groups in total. The molecule has 3 aromatic carbocycles. The van der Waals surface area contributed by atoms with E-state index in [1.54, 1.807) is 16.9 Å². The van der Waals surface area contributed by atoms with Crippen LogP contribution in [0.5, 0.6) is 0 Å². The van der Waals surface area contributed by atoms with Crippen LogP contribution in [0.1, 0.15) is 23.5 Å². The van der Waals surface area contributed by atoms with Crippen molar-refractivity contribution in [2.45, 2.75) is 12.3 Å². The molecular weight excluding hydrogens is 472 g/mol. The zero-order chi connectivity index (χ0) is 25.7. The first-order valence-corrected chi connectivity index (χ1v) is 12.4. The van der Waals surface area contributed by atoms with Crippen molar-refractivity contribution in [1.82, 2.24) is 24.8 Å². The van der Waals surface area contributed by atoms with Gasteiger partial charge in [-0.05, 0) is 47.5 Å². The van der Waals surface area contributed by atoms with Crippen molar-refractivity contribution < 1.29 is 4.79 Å². The maximum atomic E-state index is 13.2. The Labute approximate surface area is 219 Å². The molecule has 184 valence electrons. The first kappa shape index (κ1) is 23.2. The Bertz CT molecular complexity index is 1640. The SMILES string of the molecule is O=C(CC(c1ccccc1)c1ccccc1)Nc1cccc(-c2ccc3nnc(-c4ccncc4)n3n2)c1. The van der Waals surface area contributed by atoms with Crippen LogP contribution >= 0.6 is 0 Å². The van der Waals surface area contributed by atoms with Gasteiger partial charge in [0.1, 0.15) is 0 Å². The van der Waals surface area contributed by atoms with Gasteiger partial charge in [0, 0.05) is 41.5 Å². The van der Waals surface area contributed by atoms with E-state index in [4.69, 9.17) is 5.10 Å². The average Bonchev–Trinajstić information content (AvgIpc) is 3.41. The van der Waals surface area contributed by atoms with Crippen LogP contribution in [0.2, 0.25) is 0 Å². The molecule has 0 unspecified atom stereocenters. The maximum absolute atomic E-state index is 13.2. The summed E-state index contributed by atoms with van der Waals surface area (Å²) >= 11 is 0. The molecule has 0 atom stereocenters. The molecule has 0 aliphatic rings. The average molecular weight is 497 g/mol. The third-order valence-electron chi connectivity index (χ3n) is 6.44. The number of hydrogen-bond acceptors (Lipinski definition) is 5. The van der Waals surface area contributed by atoms with Gasteiger partial charge in [-0.2, -0.15) is 9.61 Å². The van der Waals surface area contributed by atoms with E-state index in [0.29, 0.717) is 23.6 Å². The van der Waals surface area contributed by atoms with Crippen LogP contribution in [0.4, 0.5) is 5.69 Å². The van der Waals surface area contributed by atoms with Gasteiger partial charge < -0.3 is 5.32 Å². The summed E-state index contributed by atoms with van der Waals surface area (Å²) in [7, 11) is 0. The minimum Gasteiger partial charge on any atom is -0.326 e. The molecule has 3 heterocycles. The molecule has 3 aromatic heterocycles. The van der Waals surface area contributed by atoms with Gasteiger partial charge in [0.25, 0.3) is 0 Å². The smallest absolute Gasteiger partial charge is 0.225 e. The second kappa shape index (κ2) is 10.4. The summed E-state index contributed by atoms with van der Waals surface area (Å²) in [5.41, 5.74) is 6.09. The largest absolute Gasteiger partial charge is 0.326 e. The van der Waals surface area contributed by atoms with Gasteiger partial charge in [0.05, 0.1) is 5.69 Å². The fourth-order valence-corrected chi connectivity index (χ4v) is 4.58. The third-order valence-corrected chi connectivity index (χ3v) is 6.44. The van der Waals surface area contributed by atoms with Gasteiger partial charge in [-0.15, -0.1) is 10.2 Å². The minimum atomic E-state index is -0.0537. The summed E-state index contributed by atoms with van der Waals surface area (Å²) in [6.07, 6.45) is 3.76. The number of amides is 1. The Balaban J connectivity index is 1.25. The molecule has 6 aromatic rings. The Kier molecular flexibility index (Phi) is 6.39. The van der Waals surface area contributed by atoms with Crippen molar-refractivity contribution in [2.24, 2.45) is 0 Å². The Morgan fingerprint density at radius 3 is 2.16 bits per heavy atom. The van der Waals surface area contributed by atoms with E-state index in [1.165, 1.54) is 0 Å². The zero-order valence-electron chi connectivity index (χ0n) is 20.5. The molecule has 0 fully saturated rings. The number of rotatable bonds is 7. The van der Waals surface area contributed by atoms with Gasteiger partial charge in [-0.3, -0.25) is 9.78 Å². The number of anilines is 1. The first-order chi connectivity index (χ1) is 18.7. The lowest BCUT2D eigenvalue weighted by atomic mass is 9.88. The number of nitrogens with zero attached hydrogens (tertiary/aromatic N) is 5. The number of hydrogen-bond donors (Lipinski definition) is 1. The first-order valence-electron chi connectivity index (χ1n) is 12.4. The van der Waals surface area contributed by atoms with Gasteiger partial charge in [0.2, 0.25) is 5.91 Å². The molecule has 7 nitrogen and oxygen atoms in total. The second-order valence-electron chi connectivity index (χ2n) is 8.96. The highest BCUT2D eigenvalue weighted by Crippen LogP contribution is 2.29. The fourth-order valence-electron chi connectivity index (χ4n) is 4.58. The summed E-state index contributed by atoms with van der Waals surface area (Å²) < 4.78 is 1.72. The molecule has 0 saturated heterocycles. The van der Waals surface area contributed by atoms with Crippen LogP contribution in [0.25, 0.3) is 28.3 Å². The van der Waals surface area contributed by atoms with Crippen molar-refractivity contribution >= 4 is 17.2 Å². The van der Waals surface area contributed by atoms with E-state index in [0.717, 1.165) is 27.9 Å². The normalized spacial score (nSPS) is 11.1. The Morgan fingerprint density at radius 1 is 0.737 bits per heavy atom. The van der Waals surface area contributed by atoms with Crippen LogP contribution in [0, 0.1) is 0 Å². The molecule has 6 rings (SSSR count). The van der Waals surface area contributed by atoms with E-state index >= 15 is 0 Å². The van der Waals surface area contributed by atoms with Crippen LogP contribution in [-0.2, 0) is 4.79 Å². The zero-order valence-corrected chi connectivity index (χ0v) is 20.5. The highest BCUT2D eigenvalue weighted by Gasteiger charge is 2.18. The monoisotopic (exact) mass is 496 g/mol. The standard InChI is InChI=1S/C31H24N6O/c38-30(21-27(22-8-3-1-4-9-22)23-10-5-2-6-11-23)33-26-13-7-12-25(20-26)28-14-15-29-34-35-31(37(29)36-28)24-16-18-32-19-17-24/h1-20,27H,21H2,(H,33,38). The van der Waals surface area contributed by atoms with Crippen molar-refractivity contribution in [2.75, 3.05) is 5.32 Å². The number of aromatic nitrogens is 5. The molecule has 1 amide bonds. The van der Waals surface area contributed by atoms with E-state index in [9.17, 15) is 4.79 Å². The van der Waals surface area contributed by atoms with Gasteiger partial charge in [-0.25, -0.2) is 0 Å². The minimum absolute atomic E-state index is 0.0370. The number of benzene rings is 3. The topological polar surface area (TPSA) is 85.1 Å². The summed E-state index contributed by atoms with van der Waals surface area (Å²) in [5, 5.41) is 16.4. The molecule has 0 saturated carbocycles. The molecular formula is C31H24N6O. The summed E-state index contributed by atoms with van der Waals surface area (Å²) in [6.45, 7) is 0. The highest BCUT2D eigenvalue weighted by atomic mass is 16.1. The second-order valence-corrected chi connectivity index (χ2v) is 8.96. The van der Waals surface area contributed by atoms with E-state index in [-0.39, 0.29) is 11.8 Å². The van der Waals surface area contributed by atoms with Crippen molar-refractivity contribution in [3.63, 3.8) is 0 Å². The molecule has 38 heavy (non-hydrogen) atoms. The molecule has 0 bridgehead atoms. The summed E-state index contributed by atoms with van der Waals surface area (Å²) in [4.78, 5) is 17.3. The Morgan fingerprint density at radius 2 is 1.45 bits per heavy atom. The number of nitrogens with one attached hydrogen (secondary N) is 1. The van der Waals surface area contributed by atoms with E-state index in [1.807, 2.05) is 84.9 Å². The van der Waals surface area contributed by atoms with E-state index in [2.05, 4.69) is 44.8 Å². The predicted octanol–water partition coefficient (Wildman–Crippen LogP) is 6.01. The summed E-state index contributed by atoms with van der Waals surface area (Å²) in [6, 6.07) is 35.5. The molecule has 0 aliphatic carbocycles. The lowest BCUT2D eigenvalue weighted by molar-refractivity contribution is -0.116. The number of pyridine rings is 1. The molecule has 0 spiro atoms.